The molecule has 0 saturated carbocycles. The van der Waals surface area contributed by atoms with Crippen molar-refractivity contribution in [2.24, 2.45) is 12.5 Å². The highest BCUT2D eigenvalue weighted by atomic mass is 16.5. The van der Waals surface area contributed by atoms with E-state index in [9.17, 15) is 4.79 Å². The number of aromatic nitrogens is 4. The predicted molar refractivity (Wildman–Crippen MR) is 104 cm³/mol. The smallest absolute Gasteiger partial charge is 0.233 e. The Labute approximate surface area is 163 Å². The van der Waals surface area contributed by atoms with E-state index in [0.717, 1.165) is 30.6 Å². The van der Waals surface area contributed by atoms with Crippen LogP contribution in [-0.2, 0) is 16.6 Å². The largest absolute Gasteiger partial charge is 0.379 e. The summed E-state index contributed by atoms with van der Waals surface area (Å²) in [6.07, 6.45) is 10.5. The molecule has 2 bridgehead atoms. The van der Waals surface area contributed by atoms with E-state index < -0.39 is 0 Å². The fraction of sp³-hybridized carbons (Fsp3) is 0.500. The minimum Gasteiger partial charge on any atom is -0.379 e. The van der Waals surface area contributed by atoms with Gasteiger partial charge in [0.05, 0.1) is 42.2 Å². The molecule has 2 saturated heterocycles. The molecule has 2 fully saturated rings. The van der Waals surface area contributed by atoms with Crippen LogP contribution in [0.4, 0.5) is 11.6 Å². The minimum atomic E-state index is -0.345. The Bertz CT molecular complexity index is 948. The van der Waals surface area contributed by atoms with E-state index >= 15 is 0 Å². The number of anilines is 2. The molecule has 0 spiro atoms. The van der Waals surface area contributed by atoms with Gasteiger partial charge in [0.2, 0.25) is 11.9 Å². The molecule has 1 amide bonds. The first-order chi connectivity index (χ1) is 13.5. The Morgan fingerprint density at radius 1 is 1.36 bits per heavy atom. The molecule has 146 valence electrons. The third-order valence-electron chi connectivity index (χ3n) is 5.93. The second-order valence-corrected chi connectivity index (χ2v) is 8.25. The lowest BCUT2D eigenvalue weighted by molar-refractivity contribution is -0.171. The molecule has 8 nitrogen and oxygen atoms in total. The molecule has 2 unspecified atom stereocenters. The first kappa shape index (κ1) is 17.4. The number of nitrogens with one attached hydrogen (secondary N) is 1. The van der Waals surface area contributed by atoms with E-state index in [1.807, 2.05) is 26.2 Å². The van der Waals surface area contributed by atoms with Gasteiger partial charge in [0.15, 0.2) is 0 Å². The summed E-state index contributed by atoms with van der Waals surface area (Å²) in [4.78, 5) is 24.2. The lowest BCUT2D eigenvalue weighted by atomic mass is 9.85. The molecule has 0 aliphatic carbocycles. The molecular weight excluding hydrogens is 356 g/mol. The summed E-state index contributed by atoms with van der Waals surface area (Å²) in [5, 5.41) is 7.34. The predicted octanol–water partition coefficient (Wildman–Crippen LogP) is 2.14. The summed E-state index contributed by atoms with van der Waals surface area (Å²) in [7, 11) is 1.87. The molecule has 28 heavy (non-hydrogen) atoms. The quantitative estimate of drug-likeness (QED) is 0.875. The lowest BCUT2D eigenvalue weighted by Crippen LogP contribution is -2.57. The number of ether oxygens (including phenoxy) is 1. The summed E-state index contributed by atoms with van der Waals surface area (Å²) in [6.45, 7) is 3.08. The lowest BCUT2D eigenvalue weighted by Gasteiger charge is -2.44. The van der Waals surface area contributed by atoms with Gasteiger partial charge in [0.25, 0.3) is 0 Å². The minimum absolute atomic E-state index is 0.156. The number of carbonyl (C=O) groups excluding carboxylic acids is 1. The molecule has 0 radical (unpaired) electrons. The van der Waals surface area contributed by atoms with Crippen molar-refractivity contribution in [1.82, 2.24) is 24.6 Å². The number of rotatable bonds is 4. The first-order valence-corrected chi connectivity index (χ1v) is 9.72. The number of carbonyl (C=O) groups is 1. The highest BCUT2D eigenvalue weighted by Crippen LogP contribution is 2.42. The van der Waals surface area contributed by atoms with E-state index in [0.29, 0.717) is 19.2 Å². The van der Waals surface area contributed by atoms with Gasteiger partial charge in [-0.25, -0.2) is 9.97 Å². The van der Waals surface area contributed by atoms with Crippen molar-refractivity contribution in [2.45, 2.75) is 38.3 Å². The van der Waals surface area contributed by atoms with Gasteiger partial charge < -0.3 is 15.0 Å². The molecule has 5 rings (SSSR count). The van der Waals surface area contributed by atoms with Crippen molar-refractivity contribution in [1.29, 1.82) is 0 Å². The molecule has 2 atom stereocenters. The van der Waals surface area contributed by atoms with Gasteiger partial charge in [0, 0.05) is 25.5 Å². The van der Waals surface area contributed by atoms with Crippen molar-refractivity contribution >= 4 is 23.1 Å². The van der Waals surface area contributed by atoms with Gasteiger partial charge in [-0.05, 0) is 37.8 Å². The van der Waals surface area contributed by atoms with Crippen LogP contribution in [0.3, 0.4) is 0 Å². The molecule has 0 aromatic carbocycles. The van der Waals surface area contributed by atoms with Gasteiger partial charge in [-0.15, -0.1) is 0 Å². The SMILES string of the molecule is Cn1cc(Nc2nccc(C3=CC4CCC(C3)N4C(=O)C3(C)COC3)n2)cn1. The summed E-state index contributed by atoms with van der Waals surface area (Å²) >= 11 is 0. The van der Waals surface area contributed by atoms with Crippen LogP contribution in [0.1, 0.15) is 31.9 Å². The number of hydrogen-bond donors (Lipinski definition) is 1. The van der Waals surface area contributed by atoms with Crippen LogP contribution in [0, 0.1) is 5.41 Å². The van der Waals surface area contributed by atoms with Gasteiger partial charge in [-0.2, -0.15) is 5.10 Å². The second-order valence-electron chi connectivity index (χ2n) is 8.25. The van der Waals surface area contributed by atoms with Crippen molar-refractivity contribution < 1.29 is 9.53 Å². The fourth-order valence-electron chi connectivity index (χ4n) is 4.39. The Kier molecular flexibility index (Phi) is 3.97. The number of fused-ring (bicyclic) bond motifs is 2. The third kappa shape index (κ3) is 2.88. The molecule has 3 aliphatic rings. The standard InChI is InChI=1S/C20H24N6O2/c1-20(11-28-12-20)18(27)26-15-3-4-16(26)8-13(7-15)17-5-6-21-19(24-17)23-14-9-22-25(2)10-14/h5-7,9-10,15-16H,3-4,8,11-12H2,1-2H3,(H,21,23,24). The summed E-state index contributed by atoms with van der Waals surface area (Å²) in [5.74, 6) is 0.791. The molecule has 5 heterocycles. The average molecular weight is 380 g/mol. The van der Waals surface area contributed by atoms with Crippen LogP contribution in [-0.4, -0.2) is 55.9 Å². The van der Waals surface area contributed by atoms with E-state index in [1.54, 1.807) is 17.1 Å². The Morgan fingerprint density at radius 3 is 2.89 bits per heavy atom. The van der Waals surface area contributed by atoms with Crippen LogP contribution in [0.25, 0.3) is 5.57 Å². The summed E-state index contributed by atoms with van der Waals surface area (Å²) in [6, 6.07) is 2.35. The van der Waals surface area contributed by atoms with E-state index in [4.69, 9.17) is 9.72 Å². The number of hydrogen-bond acceptors (Lipinski definition) is 6. The van der Waals surface area contributed by atoms with Crippen LogP contribution < -0.4 is 5.32 Å². The van der Waals surface area contributed by atoms with Crippen LogP contribution in [0.5, 0.6) is 0 Å². The van der Waals surface area contributed by atoms with E-state index in [1.165, 1.54) is 5.57 Å². The summed E-state index contributed by atoms with van der Waals surface area (Å²) < 4.78 is 7.03. The zero-order valence-corrected chi connectivity index (χ0v) is 16.1. The maximum atomic E-state index is 13.0. The van der Waals surface area contributed by atoms with Crippen molar-refractivity contribution in [2.75, 3.05) is 18.5 Å². The molecule has 2 aromatic heterocycles. The average Bonchev–Trinajstić information content (AvgIpc) is 3.18. The monoisotopic (exact) mass is 380 g/mol. The normalized spacial score (nSPS) is 25.2. The van der Waals surface area contributed by atoms with Crippen LogP contribution in [0.15, 0.2) is 30.7 Å². The Balaban J connectivity index is 1.37. The van der Waals surface area contributed by atoms with Crippen LogP contribution >= 0.6 is 0 Å². The van der Waals surface area contributed by atoms with Gasteiger partial charge in [-0.1, -0.05) is 6.08 Å². The Hall–Kier alpha value is -2.74. The van der Waals surface area contributed by atoms with Gasteiger partial charge in [-0.3, -0.25) is 9.48 Å². The molecule has 8 heteroatoms. The molecule has 3 aliphatic heterocycles. The second kappa shape index (κ2) is 6.41. The maximum Gasteiger partial charge on any atom is 0.233 e. The summed E-state index contributed by atoms with van der Waals surface area (Å²) in [5.41, 5.74) is 2.62. The number of aryl methyl sites for hydroxylation is 1. The van der Waals surface area contributed by atoms with Crippen LogP contribution in [0.2, 0.25) is 0 Å². The Morgan fingerprint density at radius 2 is 2.21 bits per heavy atom. The topological polar surface area (TPSA) is 85.2 Å². The number of nitrogens with zero attached hydrogens (tertiary/aromatic N) is 5. The molecule has 1 N–H and O–H groups in total. The van der Waals surface area contributed by atoms with Crippen molar-refractivity contribution in [3.8, 4) is 0 Å². The fourth-order valence-corrected chi connectivity index (χ4v) is 4.39. The highest BCUT2D eigenvalue weighted by Gasteiger charge is 2.49. The highest BCUT2D eigenvalue weighted by molar-refractivity contribution is 5.86. The maximum absolute atomic E-state index is 13.0. The van der Waals surface area contributed by atoms with Gasteiger partial charge in [0.1, 0.15) is 0 Å². The van der Waals surface area contributed by atoms with E-state index in [-0.39, 0.29) is 23.4 Å². The zero-order chi connectivity index (χ0) is 19.3. The first-order valence-electron chi connectivity index (χ1n) is 9.72. The van der Waals surface area contributed by atoms with E-state index in [2.05, 4.69) is 26.4 Å². The van der Waals surface area contributed by atoms with Crippen molar-refractivity contribution in [3.63, 3.8) is 0 Å². The van der Waals surface area contributed by atoms with Crippen molar-refractivity contribution in [3.05, 3.63) is 36.4 Å². The van der Waals surface area contributed by atoms with Gasteiger partial charge >= 0.3 is 0 Å². The zero-order valence-electron chi connectivity index (χ0n) is 16.1. The molecular formula is C20H24N6O2. The third-order valence-corrected chi connectivity index (χ3v) is 5.93. The number of amides is 1. The molecule has 2 aromatic rings.